The third-order valence-electron chi connectivity index (χ3n) is 4.43. The van der Waals surface area contributed by atoms with Crippen molar-refractivity contribution in [2.45, 2.75) is 29.7 Å². The molecule has 0 radical (unpaired) electrons. The summed E-state index contributed by atoms with van der Waals surface area (Å²) in [4.78, 5) is 32.3. The Kier molecular flexibility index (Phi) is 3.78. The summed E-state index contributed by atoms with van der Waals surface area (Å²) in [6.45, 7) is 0.118. The van der Waals surface area contributed by atoms with E-state index in [-0.39, 0.29) is 22.9 Å². The Balaban J connectivity index is 1.60. The molecule has 1 saturated carbocycles. The number of amides is 1. The van der Waals surface area contributed by atoms with Crippen molar-refractivity contribution in [3.63, 3.8) is 0 Å². The molecule has 0 aromatic carbocycles. The minimum absolute atomic E-state index is 0.0708. The summed E-state index contributed by atoms with van der Waals surface area (Å²) in [5.74, 6) is 0.342. The normalized spacial score (nSPS) is 22.4. The topological polar surface area (TPSA) is 112 Å². The lowest BCUT2D eigenvalue weighted by molar-refractivity contribution is 0.0929. The van der Waals surface area contributed by atoms with E-state index >= 15 is 0 Å². The molecule has 1 atom stereocenters. The van der Waals surface area contributed by atoms with Crippen molar-refractivity contribution in [3.05, 3.63) is 44.3 Å². The van der Waals surface area contributed by atoms with Crippen LogP contribution in [0.5, 0.6) is 0 Å². The first kappa shape index (κ1) is 16.4. The first-order valence-electron chi connectivity index (χ1n) is 7.81. The van der Waals surface area contributed by atoms with E-state index in [1.54, 1.807) is 5.38 Å². The van der Waals surface area contributed by atoms with E-state index in [9.17, 15) is 18.0 Å². The lowest BCUT2D eigenvalue weighted by atomic mass is 10.2. The number of carbonyl (C=O) groups is 1. The average molecular weight is 380 g/mol. The van der Waals surface area contributed by atoms with Crippen LogP contribution in [0.25, 0.3) is 0 Å². The zero-order valence-electron chi connectivity index (χ0n) is 13.4. The summed E-state index contributed by atoms with van der Waals surface area (Å²) in [6.07, 6.45) is 3.29. The van der Waals surface area contributed by atoms with Gasteiger partial charge in [0.15, 0.2) is 0 Å². The van der Waals surface area contributed by atoms with Crippen molar-refractivity contribution >= 4 is 27.3 Å². The summed E-state index contributed by atoms with van der Waals surface area (Å²) in [5.41, 5.74) is -0.545. The van der Waals surface area contributed by atoms with Crippen LogP contribution >= 0.6 is 11.3 Å². The molecule has 0 saturated heterocycles. The van der Waals surface area contributed by atoms with Gasteiger partial charge in [-0.25, -0.2) is 13.4 Å². The molecule has 1 aliphatic heterocycles. The number of aromatic amines is 1. The molecule has 3 heterocycles. The standard InChI is InChI=1S/C15H16N4O4S2/c1-19-7-10(12-11(4-5-24-12)25(19,22)23)17-14(20)9-6-16-13(8-2-3-8)18-15(9)21/h4-6,8,10H,2-3,7H2,1H3,(H,17,20)(H,16,18,21)/t10-/m1/s1. The van der Waals surface area contributed by atoms with Crippen molar-refractivity contribution in [1.82, 2.24) is 19.6 Å². The fraction of sp³-hybridized carbons (Fsp3) is 0.400. The molecule has 2 aromatic rings. The van der Waals surface area contributed by atoms with Crippen LogP contribution in [0.2, 0.25) is 0 Å². The summed E-state index contributed by atoms with van der Waals surface area (Å²) in [6, 6.07) is 1.03. The zero-order valence-corrected chi connectivity index (χ0v) is 15.0. The van der Waals surface area contributed by atoms with Gasteiger partial charge < -0.3 is 10.3 Å². The number of carbonyl (C=O) groups excluding carboxylic acids is 1. The highest BCUT2D eigenvalue weighted by molar-refractivity contribution is 7.89. The van der Waals surface area contributed by atoms with Gasteiger partial charge in [0, 0.05) is 30.6 Å². The highest BCUT2D eigenvalue weighted by Crippen LogP contribution is 2.37. The third kappa shape index (κ3) is 2.79. The molecular formula is C15H16N4O4S2. The monoisotopic (exact) mass is 380 g/mol. The highest BCUT2D eigenvalue weighted by atomic mass is 32.2. The largest absolute Gasteiger partial charge is 0.343 e. The molecule has 0 spiro atoms. The molecule has 2 aliphatic rings. The van der Waals surface area contributed by atoms with Gasteiger partial charge in [-0.2, -0.15) is 4.31 Å². The smallest absolute Gasteiger partial charge is 0.263 e. The molecule has 25 heavy (non-hydrogen) atoms. The van der Waals surface area contributed by atoms with Crippen LogP contribution in [-0.2, 0) is 10.0 Å². The number of likely N-dealkylation sites (N-methyl/N-ethyl adjacent to an activating group) is 1. The molecule has 2 N–H and O–H groups in total. The Hall–Kier alpha value is -2.04. The number of aromatic nitrogens is 2. The van der Waals surface area contributed by atoms with Crippen LogP contribution in [0.3, 0.4) is 0 Å². The predicted molar refractivity (Wildman–Crippen MR) is 91.2 cm³/mol. The highest BCUT2D eigenvalue weighted by Gasteiger charge is 2.37. The lowest BCUT2D eigenvalue weighted by Crippen LogP contribution is -2.43. The van der Waals surface area contributed by atoms with E-state index in [2.05, 4.69) is 15.3 Å². The Morgan fingerprint density at radius 2 is 2.20 bits per heavy atom. The molecule has 4 rings (SSSR count). The van der Waals surface area contributed by atoms with Crippen LogP contribution in [-0.4, -0.2) is 42.2 Å². The number of thiophene rings is 1. The molecule has 8 nitrogen and oxygen atoms in total. The first-order chi connectivity index (χ1) is 11.9. The van der Waals surface area contributed by atoms with Gasteiger partial charge in [-0.1, -0.05) is 0 Å². The minimum Gasteiger partial charge on any atom is -0.343 e. The van der Waals surface area contributed by atoms with Gasteiger partial charge in [0.2, 0.25) is 10.0 Å². The zero-order chi connectivity index (χ0) is 17.8. The first-order valence-corrected chi connectivity index (χ1v) is 10.1. The van der Waals surface area contributed by atoms with Gasteiger partial charge in [0.25, 0.3) is 11.5 Å². The Morgan fingerprint density at radius 3 is 2.88 bits per heavy atom. The van der Waals surface area contributed by atoms with Crippen molar-refractivity contribution in [1.29, 1.82) is 0 Å². The molecule has 1 aliphatic carbocycles. The van der Waals surface area contributed by atoms with Crippen molar-refractivity contribution in [2.75, 3.05) is 13.6 Å². The van der Waals surface area contributed by atoms with Gasteiger partial charge in [0.05, 0.1) is 10.9 Å². The number of H-pyrrole nitrogens is 1. The van der Waals surface area contributed by atoms with Gasteiger partial charge in [-0.3, -0.25) is 9.59 Å². The van der Waals surface area contributed by atoms with Gasteiger partial charge in [0.1, 0.15) is 11.4 Å². The van der Waals surface area contributed by atoms with Crippen LogP contribution < -0.4 is 10.9 Å². The van der Waals surface area contributed by atoms with E-state index < -0.39 is 27.5 Å². The second-order valence-corrected chi connectivity index (χ2v) is 9.21. The lowest BCUT2D eigenvalue weighted by Gasteiger charge is -2.29. The average Bonchev–Trinajstić information content (AvgIpc) is 3.28. The number of sulfonamides is 1. The van der Waals surface area contributed by atoms with Gasteiger partial charge in [-0.05, 0) is 24.3 Å². The van der Waals surface area contributed by atoms with Crippen LogP contribution in [0.4, 0.5) is 0 Å². The summed E-state index contributed by atoms with van der Waals surface area (Å²) >= 11 is 1.27. The van der Waals surface area contributed by atoms with E-state index in [4.69, 9.17) is 0 Å². The summed E-state index contributed by atoms with van der Waals surface area (Å²) < 4.78 is 25.8. The predicted octanol–water partition coefficient (Wildman–Crippen LogP) is 0.814. The van der Waals surface area contributed by atoms with E-state index in [1.807, 2.05) is 0 Å². The minimum atomic E-state index is -3.51. The van der Waals surface area contributed by atoms with Crippen molar-refractivity contribution in [2.24, 2.45) is 0 Å². The quantitative estimate of drug-likeness (QED) is 0.818. The number of nitrogens with zero attached hydrogens (tertiary/aromatic N) is 2. The molecule has 1 amide bonds. The van der Waals surface area contributed by atoms with E-state index in [0.29, 0.717) is 10.7 Å². The fourth-order valence-corrected chi connectivity index (χ4v) is 5.56. The third-order valence-corrected chi connectivity index (χ3v) is 7.48. The van der Waals surface area contributed by atoms with E-state index in [0.717, 1.165) is 12.8 Å². The number of hydrogen-bond acceptors (Lipinski definition) is 6. The molecule has 1 fully saturated rings. The maximum Gasteiger partial charge on any atom is 0.263 e. The van der Waals surface area contributed by atoms with Gasteiger partial charge >= 0.3 is 0 Å². The molecule has 132 valence electrons. The second kappa shape index (κ2) is 5.75. The van der Waals surface area contributed by atoms with Crippen LogP contribution in [0.15, 0.2) is 27.3 Å². The number of rotatable bonds is 3. The summed E-state index contributed by atoms with van der Waals surface area (Å²) in [7, 11) is -2.05. The molecule has 0 unspecified atom stereocenters. The fourth-order valence-electron chi connectivity index (χ4n) is 2.86. The van der Waals surface area contributed by atoms with Crippen LogP contribution in [0, 0.1) is 0 Å². The number of nitrogens with one attached hydrogen (secondary N) is 2. The number of fused-ring (bicyclic) bond motifs is 1. The molecule has 2 aromatic heterocycles. The van der Waals surface area contributed by atoms with Crippen molar-refractivity contribution in [3.8, 4) is 0 Å². The Morgan fingerprint density at radius 1 is 1.44 bits per heavy atom. The maximum absolute atomic E-state index is 12.5. The molecular weight excluding hydrogens is 364 g/mol. The molecule has 0 bridgehead atoms. The second-order valence-electron chi connectivity index (χ2n) is 6.25. The Labute approximate surface area is 148 Å². The van der Waals surface area contributed by atoms with Crippen molar-refractivity contribution < 1.29 is 13.2 Å². The molecule has 10 heteroatoms. The summed E-state index contributed by atoms with van der Waals surface area (Å²) in [5, 5.41) is 4.44. The maximum atomic E-state index is 12.5. The number of hydrogen-bond donors (Lipinski definition) is 2. The van der Waals surface area contributed by atoms with E-state index in [1.165, 1.54) is 35.0 Å². The Bertz CT molecular complexity index is 1010. The van der Waals surface area contributed by atoms with Gasteiger partial charge in [-0.15, -0.1) is 11.3 Å². The SMILES string of the molecule is CN1C[C@@H](NC(=O)c2cnc(C3CC3)[nH]c2=O)c2sccc2S1(=O)=O. The van der Waals surface area contributed by atoms with Crippen LogP contribution in [0.1, 0.15) is 45.9 Å².